The molecule has 7 N–H and O–H groups in total. The third-order valence-electron chi connectivity index (χ3n) is 7.97. The van der Waals surface area contributed by atoms with Crippen molar-refractivity contribution in [3.63, 3.8) is 0 Å². The summed E-state index contributed by atoms with van der Waals surface area (Å²) in [5.41, 5.74) is 11.2. The standard InChI is InChI=1S/C29H46N6O7S/c1-19-16-21-6-4-8-23(25(21)33-18-19)43(40,41)34-22(7-5-12-32-28(30)31)26(38)35-13-9-20(10-14-35)11-15-42-27(39)29(2,3)17-24(36)37/h4,6,8,19-20,22,33-34H,5,7,9-18H2,1-3H3,(H,36,37)(H4,30,31,32)/t19?,22-/m0/s1. The van der Waals surface area contributed by atoms with Crippen molar-refractivity contribution in [1.82, 2.24) is 9.62 Å². The maximum Gasteiger partial charge on any atom is 0.312 e. The Hall–Kier alpha value is -3.39. The zero-order valence-corrected chi connectivity index (χ0v) is 26.1. The van der Waals surface area contributed by atoms with E-state index in [1.165, 1.54) is 0 Å². The van der Waals surface area contributed by atoms with Crippen molar-refractivity contribution in [3.8, 4) is 0 Å². The number of hydrogen-bond acceptors (Lipinski definition) is 8. The van der Waals surface area contributed by atoms with Gasteiger partial charge in [0.05, 0.1) is 24.1 Å². The number of amides is 1. The number of anilines is 1. The molecule has 240 valence electrons. The van der Waals surface area contributed by atoms with E-state index in [4.69, 9.17) is 21.3 Å². The quantitative estimate of drug-likeness (QED) is 0.0878. The minimum Gasteiger partial charge on any atom is -0.481 e. The van der Waals surface area contributed by atoms with Crippen LogP contribution in [0.5, 0.6) is 0 Å². The van der Waals surface area contributed by atoms with Gasteiger partial charge >= 0.3 is 11.9 Å². The number of nitrogens with zero attached hydrogens (tertiary/aromatic N) is 2. The minimum atomic E-state index is -4.04. The van der Waals surface area contributed by atoms with Gasteiger partial charge in [-0.2, -0.15) is 4.72 Å². The first-order valence-electron chi connectivity index (χ1n) is 14.8. The number of carboxylic acid groups (broad SMARTS) is 1. The molecule has 1 aromatic rings. The maximum absolute atomic E-state index is 13.7. The fourth-order valence-electron chi connectivity index (χ4n) is 5.51. The number of rotatable bonds is 14. The van der Waals surface area contributed by atoms with Crippen LogP contribution in [0.2, 0.25) is 0 Å². The first-order valence-corrected chi connectivity index (χ1v) is 16.3. The van der Waals surface area contributed by atoms with Crippen LogP contribution in [0.25, 0.3) is 0 Å². The SMILES string of the molecule is CC1CNc2c(cccc2S(=O)(=O)N[C@@H](CCCN=C(N)N)C(=O)N2CCC(CCOC(=O)C(C)(C)CC(=O)O)CC2)C1. The number of likely N-dealkylation sites (tertiary alicyclic amines) is 1. The number of piperidine rings is 1. The number of hydrogen-bond donors (Lipinski definition) is 5. The molecule has 0 aliphatic carbocycles. The van der Waals surface area contributed by atoms with E-state index in [1.54, 1.807) is 30.9 Å². The van der Waals surface area contributed by atoms with Gasteiger partial charge in [-0.1, -0.05) is 19.1 Å². The van der Waals surface area contributed by atoms with Crippen LogP contribution in [-0.2, 0) is 35.6 Å². The fraction of sp³-hybridized carbons (Fsp3) is 0.655. The van der Waals surface area contributed by atoms with E-state index in [2.05, 4.69) is 22.0 Å². The number of carboxylic acids is 1. The van der Waals surface area contributed by atoms with Crippen molar-refractivity contribution in [2.75, 3.05) is 38.1 Å². The number of guanidine groups is 1. The molecule has 2 atom stereocenters. The summed E-state index contributed by atoms with van der Waals surface area (Å²) in [5.74, 6) is -1.41. The van der Waals surface area contributed by atoms with E-state index in [9.17, 15) is 22.8 Å². The number of benzene rings is 1. The lowest BCUT2D eigenvalue weighted by Crippen LogP contribution is -2.50. The lowest BCUT2D eigenvalue weighted by molar-refractivity contribution is -0.159. The average Bonchev–Trinajstić information content (AvgIpc) is 2.93. The number of fused-ring (bicyclic) bond motifs is 1. The summed E-state index contributed by atoms with van der Waals surface area (Å²) in [4.78, 5) is 42.7. The summed E-state index contributed by atoms with van der Waals surface area (Å²) >= 11 is 0. The number of ether oxygens (including phenoxy) is 1. The number of esters is 1. The summed E-state index contributed by atoms with van der Waals surface area (Å²) in [5, 5.41) is 12.2. The number of carbonyl (C=O) groups is 3. The Bertz CT molecular complexity index is 1290. The maximum atomic E-state index is 13.7. The van der Waals surface area contributed by atoms with E-state index < -0.39 is 33.4 Å². The summed E-state index contributed by atoms with van der Waals surface area (Å²) in [6.45, 7) is 7.15. The van der Waals surface area contributed by atoms with Gasteiger partial charge in [-0.25, -0.2) is 8.42 Å². The third kappa shape index (κ3) is 9.82. The second-order valence-corrected chi connectivity index (χ2v) is 13.9. The molecule has 2 heterocycles. The van der Waals surface area contributed by atoms with E-state index in [1.807, 2.05) is 6.07 Å². The number of aliphatic carboxylic acids is 1. The highest BCUT2D eigenvalue weighted by Crippen LogP contribution is 2.32. The highest BCUT2D eigenvalue weighted by Gasteiger charge is 2.34. The molecular weight excluding hydrogens is 576 g/mol. The van der Waals surface area contributed by atoms with Crippen LogP contribution < -0.4 is 21.5 Å². The predicted molar refractivity (Wildman–Crippen MR) is 163 cm³/mol. The molecule has 14 heteroatoms. The van der Waals surface area contributed by atoms with Gasteiger partial charge in [0.2, 0.25) is 15.9 Å². The molecule has 13 nitrogen and oxygen atoms in total. The van der Waals surface area contributed by atoms with Crippen molar-refractivity contribution in [2.45, 2.75) is 76.7 Å². The van der Waals surface area contributed by atoms with E-state index in [0.717, 1.165) is 12.0 Å². The zero-order valence-electron chi connectivity index (χ0n) is 25.3. The minimum absolute atomic E-state index is 0.0714. The van der Waals surface area contributed by atoms with Crippen LogP contribution in [0.15, 0.2) is 28.1 Å². The zero-order chi connectivity index (χ0) is 31.8. The van der Waals surface area contributed by atoms with Crippen molar-refractivity contribution in [1.29, 1.82) is 0 Å². The summed E-state index contributed by atoms with van der Waals surface area (Å²) < 4.78 is 35.2. The first kappa shape index (κ1) is 34.1. The monoisotopic (exact) mass is 622 g/mol. The Morgan fingerprint density at radius 2 is 1.93 bits per heavy atom. The Kier molecular flexibility index (Phi) is 11.8. The van der Waals surface area contributed by atoms with Crippen LogP contribution in [0.3, 0.4) is 0 Å². The van der Waals surface area contributed by atoms with Crippen molar-refractivity contribution in [3.05, 3.63) is 23.8 Å². The lowest BCUT2D eigenvalue weighted by atomic mass is 9.89. The molecule has 0 aromatic heterocycles. The van der Waals surface area contributed by atoms with Crippen molar-refractivity contribution >= 4 is 39.5 Å². The van der Waals surface area contributed by atoms with Gasteiger partial charge in [-0.05, 0) is 75.8 Å². The Morgan fingerprint density at radius 3 is 2.58 bits per heavy atom. The van der Waals surface area contributed by atoms with E-state index >= 15 is 0 Å². The summed E-state index contributed by atoms with van der Waals surface area (Å²) in [6.07, 6.45) is 3.01. The van der Waals surface area contributed by atoms with E-state index in [-0.39, 0.29) is 48.7 Å². The lowest BCUT2D eigenvalue weighted by Gasteiger charge is -2.34. The average molecular weight is 623 g/mol. The topological polar surface area (TPSA) is 207 Å². The van der Waals surface area contributed by atoms with Crippen LogP contribution in [-0.4, -0.2) is 81.1 Å². The molecule has 0 spiro atoms. The van der Waals surface area contributed by atoms with Crippen LogP contribution in [0.4, 0.5) is 5.69 Å². The number of sulfonamides is 1. The van der Waals surface area contributed by atoms with Crippen molar-refractivity contribution < 1.29 is 32.6 Å². The molecule has 2 aliphatic rings. The number of carbonyl (C=O) groups excluding carboxylic acids is 2. The largest absolute Gasteiger partial charge is 0.481 e. The van der Waals surface area contributed by atoms with E-state index in [0.29, 0.717) is 56.9 Å². The molecule has 2 aliphatic heterocycles. The van der Waals surface area contributed by atoms with Gasteiger partial charge in [0.15, 0.2) is 5.96 Å². The molecule has 0 bridgehead atoms. The molecule has 43 heavy (non-hydrogen) atoms. The fourth-order valence-corrected chi connectivity index (χ4v) is 6.96. The highest BCUT2D eigenvalue weighted by atomic mass is 32.2. The predicted octanol–water partition coefficient (Wildman–Crippen LogP) is 1.66. The van der Waals surface area contributed by atoms with Gasteiger partial charge in [0, 0.05) is 26.2 Å². The number of para-hydroxylation sites is 1. The van der Waals surface area contributed by atoms with Crippen LogP contribution >= 0.6 is 0 Å². The normalized spacial score (nSPS) is 18.2. The van der Waals surface area contributed by atoms with Gasteiger partial charge in [0.1, 0.15) is 10.9 Å². The third-order valence-corrected chi connectivity index (χ3v) is 9.48. The van der Waals surface area contributed by atoms with Gasteiger partial charge in [0.25, 0.3) is 0 Å². The Morgan fingerprint density at radius 1 is 1.23 bits per heavy atom. The smallest absolute Gasteiger partial charge is 0.312 e. The molecule has 0 radical (unpaired) electrons. The molecule has 3 rings (SSSR count). The van der Waals surface area contributed by atoms with Crippen molar-refractivity contribution in [2.24, 2.45) is 33.7 Å². The molecule has 1 fully saturated rings. The highest BCUT2D eigenvalue weighted by molar-refractivity contribution is 7.89. The number of nitrogens with one attached hydrogen (secondary N) is 2. The number of aliphatic imine (C=N–C) groups is 1. The summed E-state index contributed by atoms with van der Waals surface area (Å²) in [6, 6.07) is 4.19. The molecular formula is C29H46N6O7S. The second-order valence-electron chi connectivity index (χ2n) is 12.3. The molecule has 0 saturated carbocycles. The summed E-state index contributed by atoms with van der Waals surface area (Å²) in [7, 11) is -4.04. The molecule has 1 amide bonds. The Labute approximate surface area is 253 Å². The Balaban J connectivity index is 1.62. The van der Waals surface area contributed by atoms with Gasteiger partial charge in [-0.15, -0.1) is 0 Å². The van der Waals surface area contributed by atoms with Crippen LogP contribution in [0.1, 0.15) is 64.9 Å². The first-order chi connectivity index (χ1) is 20.2. The van der Waals surface area contributed by atoms with Gasteiger partial charge in [-0.3, -0.25) is 19.4 Å². The molecule has 1 unspecified atom stereocenters. The number of nitrogens with two attached hydrogens (primary N) is 2. The van der Waals surface area contributed by atoms with Gasteiger partial charge < -0.3 is 31.5 Å². The molecule has 1 aromatic carbocycles. The van der Waals surface area contributed by atoms with Crippen LogP contribution in [0, 0.1) is 17.3 Å². The second kappa shape index (κ2) is 14.9. The molecule has 1 saturated heterocycles.